The Balaban J connectivity index is 2.30. The Morgan fingerprint density at radius 3 is 2.89 bits per heavy atom. The van der Waals surface area contributed by atoms with E-state index in [1.807, 2.05) is 41.1 Å². The average Bonchev–Trinajstić information content (AvgIpc) is 2.72. The van der Waals surface area contributed by atoms with E-state index in [4.69, 9.17) is 11.6 Å². The van der Waals surface area contributed by atoms with Gasteiger partial charge in [0.15, 0.2) is 0 Å². The minimum absolute atomic E-state index is 0.308. The van der Waals surface area contributed by atoms with E-state index in [0.29, 0.717) is 12.1 Å². The molecule has 1 aromatic heterocycles. The van der Waals surface area contributed by atoms with Crippen LogP contribution >= 0.6 is 11.6 Å². The molecule has 0 saturated carbocycles. The number of fused-ring (bicyclic) bond motifs is 1. The van der Waals surface area contributed by atoms with Crippen molar-refractivity contribution in [3.05, 3.63) is 47.1 Å². The molecule has 0 amide bonds. The molecule has 1 aromatic carbocycles. The minimum Gasteiger partial charge on any atom is -0.466 e. The lowest BCUT2D eigenvalue weighted by Crippen LogP contribution is -2.03. The Morgan fingerprint density at radius 1 is 1.44 bits per heavy atom. The first-order valence-electron chi connectivity index (χ1n) is 5.62. The van der Waals surface area contributed by atoms with Gasteiger partial charge < -0.3 is 9.30 Å². The van der Waals surface area contributed by atoms with Gasteiger partial charge in [-0.05, 0) is 13.0 Å². The van der Waals surface area contributed by atoms with Crippen LogP contribution in [-0.2, 0) is 16.1 Å². The molecule has 0 spiro atoms. The summed E-state index contributed by atoms with van der Waals surface area (Å²) in [5.74, 6) is -0.308. The average molecular weight is 264 g/mol. The van der Waals surface area contributed by atoms with Crippen LogP contribution in [0, 0.1) is 0 Å². The number of carbonyl (C=O) groups excluding carboxylic acids is 1. The van der Waals surface area contributed by atoms with Crippen molar-refractivity contribution < 1.29 is 9.53 Å². The van der Waals surface area contributed by atoms with Gasteiger partial charge in [0.25, 0.3) is 0 Å². The molecule has 0 aliphatic rings. The fraction of sp³-hybridized carbons (Fsp3) is 0.214. The van der Waals surface area contributed by atoms with Crippen LogP contribution < -0.4 is 0 Å². The van der Waals surface area contributed by atoms with Gasteiger partial charge in [0.2, 0.25) is 0 Å². The van der Waals surface area contributed by atoms with Crippen molar-refractivity contribution in [1.29, 1.82) is 0 Å². The van der Waals surface area contributed by atoms with Crippen molar-refractivity contribution in [2.45, 2.75) is 13.5 Å². The van der Waals surface area contributed by atoms with Gasteiger partial charge in [-0.3, -0.25) is 0 Å². The quantitative estimate of drug-likeness (QED) is 0.628. The molecule has 0 saturated heterocycles. The molecular formula is C14H14ClNO2. The van der Waals surface area contributed by atoms with E-state index in [1.54, 1.807) is 6.92 Å². The van der Waals surface area contributed by atoms with Crippen molar-refractivity contribution in [3.63, 3.8) is 0 Å². The van der Waals surface area contributed by atoms with Crippen LogP contribution in [-0.4, -0.2) is 17.6 Å². The van der Waals surface area contributed by atoms with E-state index in [-0.39, 0.29) is 5.97 Å². The summed E-state index contributed by atoms with van der Waals surface area (Å²) in [6.45, 7) is 2.33. The van der Waals surface area contributed by atoms with Gasteiger partial charge in [0, 0.05) is 29.2 Å². The number of benzene rings is 1. The van der Waals surface area contributed by atoms with Crippen molar-refractivity contribution >= 4 is 28.5 Å². The number of ether oxygens (including phenoxy) is 1. The third-order valence-electron chi connectivity index (χ3n) is 2.84. The summed E-state index contributed by atoms with van der Waals surface area (Å²) < 4.78 is 6.65. The zero-order valence-electron chi connectivity index (χ0n) is 10.3. The maximum Gasteiger partial charge on any atom is 0.333 e. The molecule has 4 heteroatoms. The standard InChI is InChI=1S/C14H14ClNO2/c1-10(14(17)18-2)7-8-16-9-12(15)11-5-3-4-6-13(11)16/h3-7,9H,8H2,1-2H3. The second-order valence-electron chi connectivity index (χ2n) is 4.03. The Hall–Kier alpha value is -1.74. The van der Waals surface area contributed by atoms with Crippen molar-refractivity contribution in [1.82, 2.24) is 4.57 Å². The topological polar surface area (TPSA) is 31.2 Å². The first-order chi connectivity index (χ1) is 8.63. The fourth-order valence-corrected chi connectivity index (χ4v) is 2.11. The molecule has 0 N–H and O–H groups in total. The van der Waals surface area contributed by atoms with Crippen LogP contribution in [0.1, 0.15) is 6.92 Å². The monoisotopic (exact) mass is 263 g/mol. The number of hydrogen-bond donors (Lipinski definition) is 0. The molecule has 0 atom stereocenters. The largest absolute Gasteiger partial charge is 0.466 e. The normalized spacial score (nSPS) is 11.8. The zero-order chi connectivity index (χ0) is 13.1. The summed E-state index contributed by atoms with van der Waals surface area (Å²) in [4.78, 5) is 11.3. The molecule has 0 aliphatic heterocycles. The first-order valence-corrected chi connectivity index (χ1v) is 5.99. The Morgan fingerprint density at radius 2 is 2.17 bits per heavy atom. The van der Waals surface area contributed by atoms with Crippen LogP contribution in [0.15, 0.2) is 42.1 Å². The van der Waals surface area contributed by atoms with Crippen molar-refractivity contribution in [3.8, 4) is 0 Å². The van der Waals surface area contributed by atoms with Gasteiger partial charge in [0.1, 0.15) is 0 Å². The van der Waals surface area contributed by atoms with E-state index in [2.05, 4.69) is 4.74 Å². The summed E-state index contributed by atoms with van der Waals surface area (Å²) in [6.07, 6.45) is 3.70. The van der Waals surface area contributed by atoms with E-state index in [9.17, 15) is 4.79 Å². The number of para-hydroxylation sites is 1. The lowest BCUT2D eigenvalue weighted by Gasteiger charge is -2.02. The maximum absolute atomic E-state index is 11.3. The van der Waals surface area contributed by atoms with Crippen molar-refractivity contribution in [2.75, 3.05) is 7.11 Å². The predicted octanol–water partition coefficient (Wildman–Crippen LogP) is 3.41. The summed E-state index contributed by atoms with van der Waals surface area (Å²) in [5, 5.41) is 1.73. The summed E-state index contributed by atoms with van der Waals surface area (Å²) in [7, 11) is 1.38. The highest BCUT2D eigenvalue weighted by Gasteiger charge is 2.06. The number of rotatable bonds is 3. The number of esters is 1. The van der Waals surface area contributed by atoms with Crippen LogP contribution in [0.3, 0.4) is 0 Å². The van der Waals surface area contributed by atoms with E-state index in [1.165, 1.54) is 7.11 Å². The molecule has 0 unspecified atom stereocenters. The number of halogens is 1. The number of hydrogen-bond acceptors (Lipinski definition) is 2. The Bertz CT molecular complexity index is 613. The summed E-state index contributed by atoms with van der Waals surface area (Å²) in [6, 6.07) is 7.90. The molecule has 94 valence electrons. The molecule has 3 nitrogen and oxygen atoms in total. The predicted molar refractivity (Wildman–Crippen MR) is 72.7 cm³/mol. The smallest absolute Gasteiger partial charge is 0.333 e. The summed E-state index contributed by atoms with van der Waals surface area (Å²) in [5.41, 5.74) is 1.64. The lowest BCUT2D eigenvalue weighted by atomic mass is 10.2. The van der Waals surface area contributed by atoms with Crippen LogP contribution in [0.5, 0.6) is 0 Å². The van der Waals surface area contributed by atoms with Crippen LogP contribution in [0.4, 0.5) is 0 Å². The van der Waals surface area contributed by atoms with Crippen LogP contribution in [0.25, 0.3) is 10.9 Å². The second-order valence-corrected chi connectivity index (χ2v) is 4.43. The highest BCUT2D eigenvalue weighted by atomic mass is 35.5. The van der Waals surface area contributed by atoms with Gasteiger partial charge >= 0.3 is 5.97 Å². The van der Waals surface area contributed by atoms with E-state index >= 15 is 0 Å². The number of methoxy groups -OCH3 is 1. The zero-order valence-corrected chi connectivity index (χ0v) is 11.1. The van der Waals surface area contributed by atoms with Crippen LogP contribution in [0.2, 0.25) is 5.02 Å². The highest BCUT2D eigenvalue weighted by molar-refractivity contribution is 6.35. The SMILES string of the molecule is COC(=O)C(C)=CCn1cc(Cl)c2ccccc21. The van der Waals surface area contributed by atoms with Crippen molar-refractivity contribution in [2.24, 2.45) is 0 Å². The lowest BCUT2D eigenvalue weighted by molar-refractivity contribution is -0.136. The Labute approximate surface area is 111 Å². The highest BCUT2D eigenvalue weighted by Crippen LogP contribution is 2.25. The molecule has 2 aromatic rings. The number of nitrogens with zero attached hydrogens (tertiary/aromatic N) is 1. The molecule has 0 aliphatic carbocycles. The van der Waals surface area contributed by atoms with E-state index in [0.717, 1.165) is 15.9 Å². The molecular weight excluding hydrogens is 250 g/mol. The van der Waals surface area contributed by atoms with Gasteiger partial charge in [0.05, 0.1) is 12.1 Å². The number of carbonyl (C=O) groups is 1. The maximum atomic E-state index is 11.3. The van der Waals surface area contributed by atoms with Gasteiger partial charge in [-0.1, -0.05) is 35.9 Å². The molecule has 18 heavy (non-hydrogen) atoms. The fourth-order valence-electron chi connectivity index (χ4n) is 1.83. The molecule has 0 bridgehead atoms. The third-order valence-corrected chi connectivity index (χ3v) is 3.14. The first kappa shape index (κ1) is 12.7. The second kappa shape index (κ2) is 5.27. The minimum atomic E-state index is -0.308. The Kier molecular flexibility index (Phi) is 3.72. The number of allylic oxidation sites excluding steroid dienone is 1. The van der Waals surface area contributed by atoms with Gasteiger partial charge in [-0.25, -0.2) is 4.79 Å². The summed E-state index contributed by atoms with van der Waals surface area (Å²) >= 11 is 6.15. The molecule has 1 heterocycles. The van der Waals surface area contributed by atoms with E-state index < -0.39 is 0 Å². The van der Waals surface area contributed by atoms with Gasteiger partial charge in [-0.15, -0.1) is 0 Å². The molecule has 2 rings (SSSR count). The number of aromatic nitrogens is 1. The molecule has 0 radical (unpaired) electrons. The third kappa shape index (κ3) is 2.41. The molecule has 0 fully saturated rings. The van der Waals surface area contributed by atoms with Gasteiger partial charge in [-0.2, -0.15) is 0 Å².